The van der Waals surface area contributed by atoms with Gasteiger partial charge in [-0.15, -0.1) is 0 Å². The summed E-state index contributed by atoms with van der Waals surface area (Å²) < 4.78 is 11.7. The Morgan fingerprint density at radius 1 is 1.26 bits per heavy atom. The van der Waals surface area contributed by atoms with Crippen LogP contribution < -0.4 is 10.1 Å². The van der Waals surface area contributed by atoms with E-state index < -0.39 is 0 Å². The van der Waals surface area contributed by atoms with Crippen LogP contribution in [0.1, 0.15) is 50.9 Å². The Morgan fingerprint density at radius 3 is 2.58 bits per heavy atom. The third-order valence-corrected chi connectivity index (χ3v) is 5.61. The molecular formula is C23H35N3O5. The van der Waals surface area contributed by atoms with Crippen LogP contribution in [0.2, 0.25) is 0 Å². The molecule has 0 saturated heterocycles. The van der Waals surface area contributed by atoms with Crippen LogP contribution in [-0.2, 0) is 14.3 Å². The fourth-order valence-corrected chi connectivity index (χ4v) is 3.74. The lowest BCUT2D eigenvalue weighted by Crippen LogP contribution is -2.48. The number of carbonyl (C=O) groups excluding carboxylic acids is 3. The normalized spacial score (nSPS) is 22.6. The summed E-state index contributed by atoms with van der Waals surface area (Å²) in [6, 6.07) is 4.84. The lowest BCUT2D eigenvalue weighted by Gasteiger charge is -2.35. The second-order valence-corrected chi connectivity index (χ2v) is 8.28. The van der Waals surface area contributed by atoms with Crippen molar-refractivity contribution in [1.29, 1.82) is 0 Å². The number of amides is 3. The van der Waals surface area contributed by atoms with Crippen LogP contribution >= 0.6 is 0 Å². The summed E-state index contributed by atoms with van der Waals surface area (Å²) in [7, 11) is 3.34. The molecule has 1 heterocycles. The summed E-state index contributed by atoms with van der Waals surface area (Å²) in [6.07, 6.45) is 0.939. The van der Waals surface area contributed by atoms with E-state index in [1.807, 2.05) is 20.8 Å². The Morgan fingerprint density at radius 2 is 1.97 bits per heavy atom. The molecule has 1 aromatic rings. The number of nitrogens with zero attached hydrogens (tertiary/aromatic N) is 2. The van der Waals surface area contributed by atoms with Gasteiger partial charge in [0.15, 0.2) is 0 Å². The molecule has 0 spiro atoms. The Bertz CT molecular complexity index is 797. The van der Waals surface area contributed by atoms with E-state index in [0.717, 1.165) is 6.42 Å². The molecule has 1 aliphatic rings. The minimum absolute atomic E-state index is 0.0293. The lowest BCUT2D eigenvalue weighted by molar-refractivity contribution is -0.133. The van der Waals surface area contributed by atoms with Crippen LogP contribution in [0.25, 0.3) is 0 Å². The van der Waals surface area contributed by atoms with Gasteiger partial charge in [0.25, 0.3) is 5.91 Å². The van der Waals surface area contributed by atoms with Crippen molar-refractivity contribution >= 4 is 23.4 Å². The summed E-state index contributed by atoms with van der Waals surface area (Å²) in [5, 5.41) is 2.84. The molecule has 0 bridgehead atoms. The maximum Gasteiger partial charge on any atom is 0.257 e. The molecule has 0 saturated carbocycles. The third-order valence-electron chi connectivity index (χ3n) is 5.61. The van der Waals surface area contributed by atoms with Gasteiger partial charge in [-0.1, -0.05) is 13.8 Å². The van der Waals surface area contributed by atoms with E-state index in [1.54, 1.807) is 49.1 Å². The van der Waals surface area contributed by atoms with Gasteiger partial charge in [-0.3, -0.25) is 14.4 Å². The molecule has 1 N–H and O–H groups in total. The number of likely N-dealkylation sites (N-methyl/N-ethyl adjacent to an activating group) is 1. The molecule has 3 amide bonds. The summed E-state index contributed by atoms with van der Waals surface area (Å²) in [5.41, 5.74) is 0.972. The lowest BCUT2D eigenvalue weighted by atomic mass is 10.0. The van der Waals surface area contributed by atoms with E-state index in [9.17, 15) is 14.4 Å². The van der Waals surface area contributed by atoms with Crippen LogP contribution in [0.15, 0.2) is 18.2 Å². The molecule has 172 valence electrons. The van der Waals surface area contributed by atoms with Crippen LogP contribution in [0, 0.1) is 5.92 Å². The highest BCUT2D eigenvalue weighted by atomic mass is 16.5. The molecule has 1 aromatic carbocycles. The van der Waals surface area contributed by atoms with Crippen molar-refractivity contribution in [1.82, 2.24) is 9.80 Å². The highest BCUT2D eigenvalue weighted by molar-refractivity contribution is 5.98. The highest BCUT2D eigenvalue weighted by Gasteiger charge is 2.29. The van der Waals surface area contributed by atoms with E-state index in [1.165, 1.54) is 0 Å². The van der Waals surface area contributed by atoms with E-state index in [0.29, 0.717) is 36.5 Å². The summed E-state index contributed by atoms with van der Waals surface area (Å²) >= 11 is 0. The fourth-order valence-electron chi connectivity index (χ4n) is 3.74. The van der Waals surface area contributed by atoms with Crippen molar-refractivity contribution in [2.75, 3.05) is 39.2 Å². The molecule has 31 heavy (non-hydrogen) atoms. The SMILES string of the molecule is CCCC(=O)Nc1ccc2c(c1)OC[C@@H](C)N(C(C)=O)C[C@@H](C)[C@@H](OC)CN(C)C2=O. The summed E-state index contributed by atoms with van der Waals surface area (Å²) in [4.78, 5) is 40.8. The summed E-state index contributed by atoms with van der Waals surface area (Å²) in [5.74, 6) is 0.0882. The van der Waals surface area contributed by atoms with Gasteiger partial charge in [-0.2, -0.15) is 0 Å². The molecule has 0 unspecified atom stereocenters. The van der Waals surface area contributed by atoms with Gasteiger partial charge in [0.05, 0.1) is 17.7 Å². The van der Waals surface area contributed by atoms with E-state index >= 15 is 0 Å². The standard InChI is InChI=1S/C23H35N3O5/c1-7-8-22(28)24-18-9-10-19-20(11-18)31-14-16(3)26(17(4)27)12-15(2)21(30-6)13-25(5)23(19)29/h9-11,15-16,21H,7-8,12-14H2,1-6H3,(H,24,28)/t15-,16-,21+/m1/s1. The van der Waals surface area contributed by atoms with Gasteiger partial charge in [-0.05, 0) is 25.5 Å². The van der Waals surface area contributed by atoms with Gasteiger partial charge in [0.1, 0.15) is 12.4 Å². The average Bonchev–Trinajstić information content (AvgIpc) is 2.72. The molecule has 3 atom stereocenters. The van der Waals surface area contributed by atoms with Crippen molar-refractivity contribution in [3.63, 3.8) is 0 Å². The monoisotopic (exact) mass is 433 g/mol. The van der Waals surface area contributed by atoms with Crippen molar-refractivity contribution in [3.8, 4) is 5.75 Å². The average molecular weight is 434 g/mol. The summed E-state index contributed by atoms with van der Waals surface area (Å²) in [6.45, 7) is 8.52. The van der Waals surface area contributed by atoms with Crippen LogP contribution in [0.3, 0.4) is 0 Å². The molecule has 2 rings (SSSR count). The topological polar surface area (TPSA) is 88.2 Å². The smallest absolute Gasteiger partial charge is 0.257 e. The van der Waals surface area contributed by atoms with E-state index in [2.05, 4.69) is 5.32 Å². The zero-order valence-electron chi connectivity index (χ0n) is 19.4. The zero-order chi connectivity index (χ0) is 23.1. The van der Waals surface area contributed by atoms with Crippen LogP contribution in [0.4, 0.5) is 5.69 Å². The number of methoxy groups -OCH3 is 1. The number of ether oxygens (including phenoxy) is 2. The Hall–Kier alpha value is -2.61. The van der Waals surface area contributed by atoms with Crippen molar-refractivity contribution < 1.29 is 23.9 Å². The number of rotatable bonds is 4. The first-order valence-electron chi connectivity index (χ1n) is 10.8. The van der Waals surface area contributed by atoms with Crippen molar-refractivity contribution in [2.24, 2.45) is 5.92 Å². The number of hydrogen-bond acceptors (Lipinski definition) is 5. The first-order valence-corrected chi connectivity index (χ1v) is 10.8. The van der Waals surface area contributed by atoms with Crippen LogP contribution in [0.5, 0.6) is 5.75 Å². The number of nitrogens with one attached hydrogen (secondary N) is 1. The van der Waals surface area contributed by atoms with Gasteiger partial charge in [0.2, 0.25) is 11.8 Å². The quantitative estimate of drug-likeness (QED) is 0.789. The maximum absolute atomic E-state index is 13.1. The minimum atomic E-state index is -0.223. The van der Waals surface area contributed by atoms with Crippen molar-refractivity contribution in [2.45, 2.75) is 52.7 Å². The van der Waals surface area contributed by atoms with Crippen LogP contribution in [-0.4, -0.2) is 73.5 Å². The maximum atomic E-state index is 13.1. The molecule has 0 radical (unpaired) electrons. The number of hydrogen-bond donors (Lipinski definition) is 1. The molecular weight excluding hydrogens is 398 g/mol. The van der Waals surface area contributed by atoms with E-state index in [-0.39, 0.29) is 42.4 Å². The number of benzene rings is 1. The molecule has 8 heteroatoms. The Kier molecular flexibility index (Phi) is 8.86. The minimum Gasteiger partial charge on any atom is -0.491 e. The predicted octanol–water partition coefficient (Wildman–Crippen LogP) is 2.78. The predicted molar refractivity (Wildman–Crippen MR) is 119 cm³/mol. The van der Waals surface area contributed by atoms with E-state index in [4.69, 9.17) is 9.47 Å². The second kappa shape index (κ2) is 11.1. The molecule has 8 nitrogen and oxygen atoms in total. The molecule has 0 fully saturated rings. The highest BCUT2D eigenvalue weighted by Crippen LogP contribution is 2.27. The Balaban J connectivity index is 2.41. The van der Waals surface area contributed by atoms with Gasteiger partial charge in [0, 0.05) is 58.3 Å². The number of anilines is 1. The first kappa shape index (κ1) is 24.7. The van der Waals surface area contributed by atoms with Gasteiger partial charge < -0.3 is 24.6 Å². The fraction of sp³-hybridized carbons (Fsp3) is 0.609. The Labute approximate surface area is 184 Å². The molecule has 1 aliphatic heterocycles. The zero-order valence-corrected chi connectivity index (χ0v) is 19.4. The first-order chi connectivity index (χ1) is 14.7. The second-order valence-electron chi connectivity index (χ2n) is 8.28. The molecule has 0 aromatic heterocycles. The largest absolute Gasteiger partial charge is 0.491 e. The number of carbonyl (C=O) groups is 3. The van der Waals surface area contributed by atoms with Gasteiger partial charge in [-0.25, -0.2) is 0 Å². The van der Waals surface area contributed by atoms with Crippen molar-refractivity contribution in [3.05, 3.63) is 23.8 Å². The molecule has 0 aliphatic carbocycles. The van der Waals surface area contributed by atoms with Gasteiger partial charge >= 0.3 is 0 Å². The third kappa shape index (κ3) is 6.43. The number of fused-ring (bicyclic) bond motifs is 1.